The lowest BCUT2D eigenvalue weighted by Gasteiger charge is -2.34. The van der Waals surface area contributed by atoms with Crippen LogP contribution in [0, 0.1) is 11.6 Å². The predicted molar refractivity (Wildman–Crippen MR) is 102 cm³/mol. The monoisotopic (exact) mass is 418 g/mol. The summed E-state index contributed by atoms with van der Waals surface area (Å²) in [6.45, 7) is 2.35. The summed E-state index contributed by atoms with van der Waals surface area (Å²) in [4.78, 5) is 20.4. The van der Waals surface area contributed by atoms with Gasteiger partial charge in [-0.3, -0.25) is 9.69 Å². The fourth-order valence-electron chi connectivity index (χ4n) is 3.17. The summed E-state index contributed by atoms with van der Waals surface area (Å²) in [7, 11) is 0. The molecule has 0 bridgehead atoms. The Hall–Kier alpha value is -2.84. The van der Waals surface area contributed by atoms with E-state index in [2.05, 4.69) is 15.0 Å². The fourth-order valence-corrected chi connectivity index (χ4v) is 3.30. The highest BCUT2D eigenvalue weighted by molar-refractivity contribution is 6.30. The molecule has 6 nitrogen and oxygen atoms in total. The molecule has 2 aromatic carbocycles. The molecular weight excluding hydrogens is 402 g/mol. The van der Waals surface area contributed by atoms with E-state index in [4.69, 9.17) is 16.1 Å². The fraction of sp³-hybridized carbons (Fsp3) is 0.250. The Kier molecular flexibility index (Phi) is 5.55. The SMILES string of the molecule is O=C(c1cccc(F)c1F)N1CCN(Cc2nc(-c3ccc(Cl)cc3)no2)CC1. The lowest BCUT2D eigenvalue weighted by Crippen LogP contribution is -2.48. The molecule has 29 heavy (non-hydrogen) atoms. The zero-order valence-corrected chi connectivity index (χ0v) is 16.1. The molecule has 4 rings (SSSR count). The number of halogens is 3. The van der Waals surface area contributed by atoms with E-state index in [1.54, 1.807) is 12.1 Å². The summed E-state index contributed by atoms with van der Waals surface area (Å²) < 4.78 is 32.6. The average molecular weight is 419 g/mol. The van der Waals surface area contributed by atoms with Crippen molar-refractivity contribution in [2.24, 2.45) is 0 Å². The van der Waals surface area contributed by atoms with Crippen molar-refractivity contribution in [3.8, 4) is 11.4 Å². The second-order valence-electron chi connectivity index (χ2n) is 6.69. The molecule has 150 valence electrons. The van der Waals surface area contributed by atoms with Gasteiger partial charge in [0, 0.05) is 36.8 Å². The number of carbonyl (C=O) groups excluding carboxylic acids is 1. The Morgan fingerprint density at radius 1 is 1.07 bits per heavy atom. The van der Waals surface area contributed by atoms with Gasteiger partial charge in [0.1, 0.15) is 0 Å². The largest absolute Gasteiger partial charge is 0.338 e. The summed E-state index contributed by atoms with van der Waals surface area (Å²) in [5.74, 6) is -1.70. The van der Waals surface area contributed by atoms with Crippen molar-refractivity contribution in [2.75, 3.05) is 26.2 Å². The molecule has 1 saturated heterocycles. The van der Waals surface area contributed by atoms with Crippen LogP contribution in [0.3, 0.4) is 0 Å². The first-order valence-corrected chi connectivity index (χ1v) is 9.43. The van der Waals surface area contributed by atoms with Gasteiger partial charge in [0.25, 0.3) is 5.91 Å². The Morgan fingerprint density at radius 2 is 1.79 bits per heavy atom. The minimum atomic E-state index is -1.11. The molecule has 1 fully saturated rings. The van der Waals surface area contributed by atoms with Gasteiger partial charge >= 0.3 is 0 Å². The molecule has 9 heteroatoms. The number of rotatable bonds is 4. The maximum atomic E-state index is 13.9. The molecule has 0 atom stereocenters. The molecule has 0 saturated carbocycles. The van der Waals surface area contributed by atoms with E-state index in [0.717, 1.165) is 11.6 Å². The van der Waals surface area contributed by atoms with Gasteiger partial charge in [0.05, 0.1) is 12.1 Å². The summed E-state index contributed by atoms with van der Waals surface area (Å²) in [6.07, 6.45) is 0. The number of aromatic nitrogens is 2. The van der Waals surface area contributed by atoms with Crippen molar-refractivity contribution in [3.63, 3.8) is 0 Å². The van der Waals surface area contributed by atoms with Crippen LogP contribution in [0.5, 0.6) is 0 Å². The molecule has 0 unspecified atom stereocenters. The van der Waals surface area contributed by atoms with E-state index in [0.29, 0.717) is 49.5 Å². The van der Waals surface area contributed by atoms with E-state index in [1.807, 2.05) is 12.1 Å². The van der Waals surface area contributed by atoms with Crippen LogP contribution in [0.2, 0.25) is 5.02 Å². The molecule has 1 amide bonds. The van der Waals surface area contributed by atoms with Crippen LogP contribution in [-0.4, -0.2) is 52.0 Å². The standard InChI is InChI=1S/C20H17ClF2N4O2/c21-14-6-4-13(5-7-14)19-24-17(29-25-19)12-26-8-10-27(11-9-26)20(28)15-2-1-3-16(22)18(15)23/h1-7H,8-12H2. The average Bonchev–Trinajstić information content (AvgIpc) is 3.19. The van der Waals surface area contributed by atoms with Crippen LogP contribution in [-0.2, 0) is 6.54 Å². The van der Waals surface area contributed by atoms with Gasteiger partial charge in [0.15, 0.2) is 11.6 Å². The van der Waals surface area contributed by atoms with Gasteiger partial charge in [-0.25, -0.2) is 8.78 Å². The highest BCUT2D eigenvalue weighted by atomic mass is 35.5. The van der Waals surface area contributed by atoms with Crippen molar-refractivity contribution in [3.05, 3.63) is 70.6 Å². The summed E-state index contributed by atoms with van der Waals surface area (Å²) >= 11 is 5.88. The third-order valence-corrected chi connectivity index (χ3v) is 5.02. The van der Waals surface area contributed by atoms with E-state index in [-0.39, 0.29) is 5.56 Å². The maximum absolute atomic E-state index is 13.9. The second-order valence-corrected chi connectivity index (χ2v) is 7.12. The number of carbonyl (C=O) groups is 1. The molecule has 0 spiro atoms. The van der Waals surface area contributed by atoms with Crippen LogP contribution >= 0.6 is 11.6 Å². The van der Waals surface area contributed by atoms with E-state index in [1.165, 1.54) is 17.0 Å². The number of piperazine rings is 1. The second kappa shape index (κ2) is 8.26. The zero-order valence-electron chi connectivity index (χ0n) is 15.3. The number of hydrogen-bond acceptors (Lipinski definition) is 5. The molecule has 1 aliphatic rings. The number of benzene rings is 2. The van der Waals surface area contributed by atoms with Crippen molar-refractivity contribution in [1.82, 2.24) is 19.9 Å². The smallest absolute Gasteiger partial charge is 0.257 e. The normalized spacial score (nSPS) is 14.9. The van der Waals surface area contributed by atoms with Gasteiger partial charge in [-0.2, -0.15) is 4.98 Å². The Labute approximate surface area is 170 Å². The Bertz CT molecular complexity index is 1020. The van der Waals surface area contributed by atoms with Gasteiger partial charge in [-0.1, -0.05) is 22.8 Å². The van der Waals surface area contributed by atoms with E-state index in [9.17, 15) is 13.6 Å². The lowest BCUT2D eigenvalue weighted by molar-refractivity contribution is 0.0609. The van der Waals surface area contributed by atoms with Crippen molar-refractivity contribution < 1.29 is 18.1 Å². The number of amides is 1. The Morgan fingerprint density at radius 3 is 2.52 bits per heavy atom. The van der Waals surface area contributed by atoms with Gasteiger partial charge in [-0.05, 0) is 36.4 Å². The first kappa shape index (κ1) is 19.5. The molecule has 1 aromatic heterocycles. The first-order valence-electron chi connectivity index (χ1n) is 9.05. The van der Waals surface area contributed by atoms with Crippen molar-refractivity contribution in [1.29, 1.82) is 0 Å². The highest BCUT2D eigenvalue weighted by Crippen LogP contribution is 2.20. The zero-order chi connectivity index (χ0) is 20.4. The minimum absolute atomic E-state index is 0.247. The number of hydrogen-bond donors (Lipinski definition) is 0. The Balaban J connectivity index is 1.35. The predicted octanol–water partition coefficient (Wildman–Crippen LogP) is 3.63. The molecule has 0 radical (unpaired) electrons. The van der Waals surface area contributed by atoms with E-state index >= 15 is 0 Å². The van der Waals surface area contributed by atoms with Crippen LogP contribution < -0.4 is 0 Å². The van der Waals surface area contributed by atoms with E-state index < -0.39 is 17.5 Å². The van der Waals surface area contributed by atoms with Gasteiger partial charge in [-0.15, -0.1) is 0 Å². The van der Waals surface area contributed by atoms with Crippen LogP contribution in [0.25, 0.3) is 11.4 Å². The third-order valence-electron chi connectivity index (χ3n) is 4.77. The minimum Gasteiger partial charge on any atom is -0.338 e. The van der Waals surface area contributed by atoms with Gasteiger partial charge in [0.2, 0.25) is 11.7 Å². The third kappa shape index (κ3) is 4.28. The maximum Gasteiger partial charge on any atom is 0.257 e. The molecular formula is C20H17ClF2N4O2. The lowest BCUT2D eigenvalue weighted by atomic mass is 10.1. The first-order chi connectivity index (χ1) is 14.0. The molecule has 1 aliphatic heterocycles. The molecule has 0 aliphatic carbocycles. The summed E-state index contributed by atoms with van der Waals surface area (Å²) in [6, 6.07) is 10.8. The van der Waals surface area contributed by atoms with Crippen LogP contribution in [0.4, 0.5) is 8.78 Å². The summed E-state index contributed by atoms with van der Waals surface area (Å²) in [5, 5.41) is 4.61. The summed E-state index contributed by atoms with van der Waals surface area (Å²) in [5.41, 5.74) is 0.555. The van der Waals surface area contributed by atoms with Crippen molar-refractivity contribution >= 4 is 17.5 Å². The molecule has 3 aromatic rings. The molecule has 2 heterocycles. The van der Waals surface area contributed by atoms with Crippen LogP contribution in [0.15, 0.2) is 47.0 Å². The molecule has 0 N–H and O–H groups in total. The number of nitrogens with zero attached hydrogens (tertiary/aromatic N) is 4. The topological polar surface area (TPSA) is 62.5 Å². The highest BCUT2D eigenvalue weighted by Gasteiger charge is 2.26. The quantitative estimate of drug-likeness (QED) is 0.647. The van der Waals surface area contributed by atoms with Crippen LogP contribution in [0.1, 0.15) is 16.2 Å². The van der Waals surface area contributed by atoms with Gasteiger partial charge < -0.3 is 9.42 Å². The van der Waals surface area contributed by atoms with Crippen molar-refractivity contribution in [2.45, 2.75) is 6.54 Å².